The van der Waals surface area contributed by atoms with Crippen molar-refractivity contribution in [2.75, 3.05) is 6.54 Å². The lowest BCUT2D eigenvalue weighted by Crippen LogP contribution is -2.50. The van der Waals surface area contributed by atoms with Crippen LogP contribution in [0.15, 0.2) is 0 Å². The van der Waals surface area contributed by atoms with Crippen LogP contribution in [0, 0.1) is 17.3 Å². The Bertz CT molecular complexity index is 398. The van der Waals surface area contributed by atoms with E-state index in [-0.39, 0.29) is 12.6 Å². The summed E-state index contributed by atoms with van der Waals surface area (Å²) in [6, 6.07) is 0.141. The van der Waals surface area contributed by atoms with E-state index >= 15 is 0 Å². The lowest BCUT2D eigenvalue weighted by Gasteiger charge is -2.33. The number of carbonyl (C=O) groups is 2. The summed E-state index contributed by atoms with van der Waals surface area (Å²) >= 11 is 0. The molecule has 3 rings (SSSR count). The molecule has 0 bridgehead atoms. The maximum absolute atomic E-state index is 12.1. The Morgan fingerprint density at radius 3 is 2.10 bits per heavy atom. The maximum atomic E-state index is 12.1. The second-order valence-electron chi connectivity index (χ2n) is 7.17. The predicted octanol–water partition coefficient (Wildman–Crippen LogP) is 2.51. The number of nitrogens with one attached hydrogen (secondary N) is 2. The molecule has 0 aliphatic heterocycles. The highest BCUT2D eigenvalue weighted by atomic mass is 16.4. The number of urea groups is 1. The van der Waals surface area contributed by atoms with Gasteiger partial charge in [-0.2, -0.15) is 0 Å². The summed E-state index contributed by atoms with van der Waals surface area (Å²) in [5, 5.41) is 15.4. The number of hydrogen-bond donors (Lipinski definition) is 3. The molecule has 0 aromatic rings. The SMILES string of the molecule is O=C(NCC1(C(=O)O)CCCCC1)NC(C1CC1)C1CC1. The maximum Gasteiger partial charge on any atom is 0.315 e. The highest BCUT2D eigenvalue weighted by Crippen LogP contribution is 2.44. The quantitative estimate of drug-likeness (QED) is 0.704. The first-order valence-corrected chi connectivity index (χ1v) is 8.38. The molecule has 21 heavy (non-hydrogen) atoms. The van der Waals surface area contributed by atoms with Gasteiger partial charge in [-0.05, 0) is 50.4 Å². The minimum absolute atomic E-state index is 0.176. The fraction of sp³-hybridized carbons (Fsp3) is 0.875. The van der Waals surface area contributed by atoms with E-state index in [1.54, 1.807) is 0 Å². The van der Waals surface area contributed by atoms with E-state index in [1.807, 2.05) is 0 Å². The lowest BCUT2D eigenvalue weighted by molar-refractivity contribution is -0.150. The topological polar surface area (TPSA) is 78.4 Å². The molecule has 118 valence electrons. The third-order valence-electron chi connectivity index (χ3n) is 5.41. The Balaban J connectivity index is 1.50. The van der Waals surface area contributed by atoms with Gasteiger partial charge in [-0.1, -0.05) is 19.3 Å². The number of carboxylic acids is 1. The van der Waals surface area contributed by atoms with Gasteiger partial charge in [-0.3, -0.25) is 4.79 Å². The van der Waals surface area contributed by atoms with Gasteiger partial charge in [0.1, 0.15) is 0 Å². The molecular formula is C16H26N2O3. The van der Waals surface area contributed by atoms with Crippen LogP contribution in [-0.4, -0.2) is 29.7 Å². The fourth-order valence-electron chi connectivity index (χ4n) is 3.68. The van der Waals surface area contributed by atoms with Crippen molar-refractivity contribution in [1.29, 1.82) is 0 Å². The largest absolute Gasteiger partial charge is 0.481 e. The zero-order chi connectivity index (χ0) is 14.9. The highest BCUT2D eigenvalue weighted by Gasteiger charge is 2.43. The van der Waals surface area contributed by atoms with E-state index in [0.717, 1.165) is 19.3 Å². The van der Waals surface area contributed by atoms with Gasteiger partial charge in [0, 0.05) is 12.6 Å². The van der Waals surface area contributed by atoms with Crippen molar-refractivity contribution in [3.63, 3.8) is 0 Å². The molecule has 5 nitrogen and oxygen atoms in total. The van der Waals surface area contributed by atoms with Crippen LogP contribution in [0.3, 0.4) is 0 Å². The van der Waals surface area contributed by atoms with Gasteiger partial charge < -0.3 is 15.7 Å². The summed E-state index contributed by atoms with van der Waals surface area (Å²) in [7, 11) is 0. The van der Waals surface area contributed by atoms with Gasteiger partial charge in [0.05, 0.1) is 5.41 Å². The zero-order valence-electron chi connectivity index (χ0n) is 12.6. The summed E-state index contributed by atoms with van der Waals surface area (Å²) in [6.45, 7) is 0.260. The molecule has 2 amide bonds. The third-order valence-corrected chi connectivity index (χ3v) is 5.41. The van der Waals surface area contributed by atoms with E-state index in [4.69, 9.17) is 0 Å². The smallest absolute Gasteiger partial charge is 0.315 e. The summed E-state index contributed by atoms with van der Waals surface area (Å²) < 4.78 is 0. The number of amides is 2. The van der Waals surface area contributed by atoms with Crippen LogP contribution < -0.4 is 10.6 Å². The average molecular weight is 294 g/mol. The van der Waals surface area contributed by atoms with E-state index in [9.17, 15) is 14.7 Å². The van der Waals surface area contributed by atoms with Crippen molar-refractivity contribution in [2.24, 2.45) is 17.3 Å². The van der Waals surface area contributed by atoms with Gasteiger partial charge in [0.25, 0.3) is 0 Å². The van der Waals surface area contributed by atoms with Gasteiger partial charge >= 0.3 is 12.0 Å². The normalized spacial score (nSPS) is 24.6. The molecule has 3 fully saturated rings. The Morgan fingerprint density at radius 2 is 1.62 bits per heavy atom. The Kier molecular flexibility index (Phi) is 4.09. The minimum Gasteiger partial charge on any atom is -0.481 e. The molecule has 3 N–H and O–H groups in total. The first-order chi connectivity index (χ1) is 10.1. The molecule has 0 aromatic carbocycles. The monoisotopic (exact) mass is 294 g/mol. The molecule has 3 aliphatic carbocycles. The zero-order valence-corrected chi connectivity index (χ0v) is 12.6. The fourth-order valence-corrected chi connectivity index (χ4v) is 3.68. The number of rotatable bonds is 6. The van der Waals surface area contributed by atoms with Crippen molar-refractivity contribution in [3.8, 4) is 0 Å². The minimum atomic E-state index is -0.761. The molecule has 0 unspecified atom stereocenters. The summed E-state index contributed by atoms with van der Waals surface area (Å²) in [5.74, 6) is 0.557. The Morgan fingerprint density at radius 1 is 1.05 bits per heavy atom. The molecular weight excluding hydrogens is 268 g/mol. The molecule has 0 aromatic heterocycles. The van der Waals surface area contributed by atoms with Crippen LogP contribution in [0.4, 0.5) is 4.79 Å². The van der Waals surface area contributed by atoms with Gasteiger partial charge in [0.15, 0.2) is 0 Å². The molecule has 0 heterocycles. The molecule has 3 aliphatic rings. The van der Waals surface area contributed by atoms with Crippen molar-refractivity contribution < 1.29 is 14.7 Å². The average Bonchev–Trinajstić information content (AvgIpc) is 3.37. The molecule has 0 spiro atoms. The van der Waals surface area contributed by atoms with Gasteiger partial charge in [-0.15, -0.1) is 0 Å². The number of carbonyl (C=O) groups excluding carboxylic acids is 1. The molecule has 5 heteroatoms. The summed E-state index contributed by atoms with van der Waals surface area (Å²) in [5.41, 5.74) is -0.746. The van der Waals surface area contributed by atoms with E-state index in [2.05, 4.69) is 10.6 Å². The number of aliphatic carboxylic acids is 1. The Hall–Kier alpha value is -1.26. The predicted molar refractivity (Wildman–Crippen MR) is 78.9 cm³/mol. The molecule has 0 saturated heterocycles. The van der Waals surface area contributed by atoms with Crippen LogP contribution in [-0.2, 0) is 4.79 Å². The van der Waals surface area contributed by atoms with E-state index in [1.165, 1.54) is 25.7 Å². The van der Waals surface area contributed by atoms with Crippen LogP contribution in [0.5, 0.6) is 0 Å². The Labute approximate surface area is 125 Å². The van der Waals surface area contributed by atoms with Crippen molar-refractivity contribution in [3.05, 3.63) is 0 Å². The van der Waals surface area contributed by atoms with Gasteiger partial charge in [-0.25, -0.2) is 4.79 Å². The van der Waals surface area contributed by atoms with Crippen molar-refractivity contribution in [1.82, 2.24) is 10.6 Å². The molecule has 3 saturated carbocycles. The van der Waals surface area contributed by atoms with E-state index in [0.29, 0.717) is 30.7 Å². The second-order valence-corrected chi connectivity index (χ2v) is 7.17. The lowest BCUT2D eigenvalue weighted by atomic mass is 9.74. The first-order valence-electron chi connectivity index (χ1n) is 8.38. The van der Waals surface area contributed by atoms with Crippen molar-refractivity contribution >= 4 is 12.0 Å². The molecule has 0 radical (unpaired) electrons. The summed E-state index contributed by atoms with van der Waals surface area (Å²) in [4.78, 5) is 23.7. The first kappa shape index (κ1) is 14.7. The number of hydrogen-bond acceptors (Lipinski definition) is 2. The van der Waals surface area contributed by atoms with Crippen LogP contribution in [0.25, 0.3) is 0 Å². The van der Waals surface area contributed by atoms with Crippen LogP contribution >= 0.6 is 0 Å². The second kappa shape index (κ2) is 5.85. The van der Waals surface area contributed by atoms with Crippen LogP contribution in [0.2, 0.25) is 0 Å². The summed E-state index contributed by atoms with van der Waals surface area (Å²) in [6.07, 6.45) is 9.24. The highest BCUT2D eigenvalue weighted by molar-refractivity contribution is 5.78. The van der Waals surface area contributed by atoms with Gasteiger partial charge in [0.2, 0.25) is 0 Å². The standard InChI is InChI=1S/C16H26N2O3/c19-14(20)16(8-2-1-3-9-16)10-17-15(21)18-13(11-4-5-11)12-6-7-12/h11-13H,1-10H2,(H,19,20)(H2,17,18,21). The third kappa shape index (κ3) is 3.50. The number of carboxylic acid groups (broad SMARTS) is 1. The molecule has 0 atom stereocenters. The van der Waals surface area contributed by atoms with Crippen molar-refractivity contribution in [2.45, 2.75) is 63.8 Å². The van der Waals surface area contributed by atoms with E-state index < -0.39 is 11.4 Å². The van der Waals surface area contributed by atoms with Crippen LogP contribution in [0.1, 0.15) is 57.8 Å².